The number of ether oxygens (including phenoxy) is 1. The number of hydrogen-bond acceptors (Lipinski definition) is 4. The van der Waals surface area contributed by atoms with E-state index in [-0.39, 0.29) is 18.2 Å². The van der Waals surface area contributed by atoms with Crippen LogP contribution in [0.4, 0.5) is 0 Å². The maximum absolute atomic E-state index is 11.9. The van der Waals surface area contributed by atoms with Gasteiger partial charge in [-0.05, 0) is 43.2 Å². The standard InChI is InChI=1S/C15H17N3O3/c1-4-21-15(20)13(17-10(3)19)7-11-5-9(2)14-12(6-11)8-16-18-14/h5-8H,4H2,1-3H3,(H,16,18)(H,17,19). The SMILES string of the molecule is CCOC(=O)C(=Cc1cc(C)c2[nH]ncc2c1)NC(C)=O. The van der Waals surface area contributed by atoms with Crippen molar-refractivity contribution in [2.24, 2.45) is 0 Å². The fraction of sp³-hybridized carbons (Fsp3) is 0.267. The number of aryl methyl sites for hydroxylation is 1. The van der Waals surface area contributed by atoms with Gasteiger partial charge in [0, 0.05) is 12.3 Å². The summed E-state index contributed by atoms with van der Waals surface area (Å²) in [7, 11) is 0. The third-order valence-corrected chi connectivity index (χ3v) is 2.89. The Balaban J connectivity index is 2.42. The molecule has 0 atom stereocenters. The van der Waals surface area contributed by atoms with E-state index >= 15 is 0 Å². The number of H-pyrrole nitrogens is 1. The molecule has 0 aliphatic carbocycles. The molecule has 6 heteroatoms. The molecule has 21 heavy (non-hydrogen) atoms. The first-order chi connectivity index (χ1) is 10.0. The second-order valence-corrected chi connectivity index (χ2v) is 4.63. The first kappa shape index (κ1) is 14.8. The van der Waals surface area contributed by atoms with Crippen molar-refractivity contribution in [2.75, 3.05) is 6.61 Å². The highest BCUT2D eigenvalue weighted by Gasteiger charge is 2.12. The van der Waals surface area contributed by atoms with Crippen molar-refractivity contribution in [3.05, 3.63) is 35.2 Å². The van der Waals surface area contributed by atoms with Crippen LogP contribution in [0.2, 0.25) is 0 Å². The Morgan fingerprint density at radius 1 is 1.43 bits per heavy atom. The number of rotatable bonds is 4. The van der Waals surface area contributed by atoms with E-state index in [4.69, 9.17) is 4.74 Å². The van der Waals surface area contributed by atoms with E-state index in [1.165, 1.54) is 6.92 Å². The normalized spacial score (nSPS) is 11.5. The molecule has 6 nitrogen and oxygen atoms in total. The number of amides is 1. The van der Waals surface area contributed by atoms with Gasteiger partial charge in [-0.1, -0.05) is 0 Å². The number of nitrogens with one attached hydrogen (secondary N) is 2. The van der Waals surface area contributed by atoms with E-state index in [1.54, 1.807) is 19.2 Å². The van der Waals surface area contributed by atoms with E-state index in [1.807, 2.05) is 19.1 Å². The maximum Gasteiger partial charge on any atom is 0.354 e. The lowest BCUT2D eigenvalue weighted by molar-refractivity contribution is -0.139. The van der Waals surface area contributed by atoms with Gasteiger partial charge in [0.1, 0.15) is 5.70 Å². The Labute approximate surface area is 122 Å². The van der Waals surface area contributed by atoms with Gasteiger partial charge in [0.2, 0.25) is 5.91 Å². The summed E-state index contributed by atoms with van der Waals surface area (Å²) in [6.07, 6.45) is 3.31. The average Bonchev–Trinajstić information content (AvgIpc) is 2.86. The molecule has 1 aromatic carbocycles. The number of benzene rings is 1. The average molecular weight is 287 g/mol. The molecule has 0 aliphatic heterocycles. The molecule has 0 saturated heterocycles. The summed E-state index contributed by atoms with van der Waals surface area (Å²) < 4.78 is 4.94. The fourth-order valence-electron chi connectivity index (χ4n) is 2.06. The summed E-state index contributed by atoms with van der Waals surface area (Å²) in [5.41, 5.74) is 2.86. The van der Waals surface area contributed by atoms with Gasteiger partial charge in [-0.3, -0.25) is 9.89 Å². The second kappa shape index (κ2) is 6.21. The highest BCUT2D eigenvalue weighted by atomic mass is 16.5. The van der Waals surface area contributed by atoms with Crippen molar-refractivity contribution in [3.63, 3.8) is 0 Å². The van der Waals surface area contributed by atoms with Crippen LogP contribution in [0.3, 0.4) is 0 Å². The fourth-order valence-corrected chi connectivity index (χ4v) is 2.06. The summed E-state index contributed by atoms with van der Waals surface area (Å²) in [4.78, 5) is 23.1. The van der Waals surface area contributed by atoms with Crippen molar-refractivity contribution in [3.8, 4) is 0 Å². The van der Waals surface area contributed by atoms with E-state index < -0.39 is 5.97 Å². The molecule has 0 fully saturated rings. The van der Waals surface area contributed by atoms with E-state index in [0.29, 0.717) is 0 Å². The summed E-state index contributed by atoms with van der Waals surface area (Å²) in [6, 6.07) is 3.79. The van der Waals surface area contributed by atoms with Crippen LogP contribution in [0.25, 0.3) is 17.0 Å². The predicted octanol–water partition coefficient (Wildman–Crippen LogP) is 1.91. The molecule has 0 aliphatic rings. The molecule has 2 rings (SSSR count). The molecule has 0 unspecified atom stereocenters. The molecule has 1 heterocycles. The zero-order chi connectivity index (χ0) is 15.4. The Kier molecular flexibility index (Phi) is 4.37. The zero-order valence-corrected chi connectivity index (χ0v) is 12.2. The zero-order valence-electron chi connectivity index (χ0n) is 12.2. The maximum atomic E-state index is 11.9. The lowest BCUT2D eigenvalue weighted by Gasteiger charge is -2.08. The molecule has 110 valence electrons. The van der Waals surface area contributed by atoms with Crippen LogP contribution in [0.15, 0.2) is 24.0 Å². The third-order valence-electron chi connectivity index (χ3n) is 2.89. The Morgan fingerprint density at radius 2 is 2.19 bits per heavy atom. The van der Waals surface area contributed by atoms with Crippen molar-refractivity contribution < 1.29 is 14.3 Å². The van der Waals surface area contributed by atoms with Crippen molar-refractivity contribution in [1.82, 2.24) is 15.5 Å². The van der Waals surface area contributed by atoms with Crippen LogP contribution < -0.4 is 5.32 Å². The molecule has 2 aromatic rings. The van der Waals surface area contributed by atoms with Gasteiger partial charge in [0.25, 0.3) is 0 Å². The number of carbonyl (C=O) groups is 2. The number of carbonyl (C=O) groups excluding carboxylic acids is 2. The molecule has 1 amide bonds. The first-order valence-electron chi connectivity index (χ1n) is 6.61. The predicted molar refractivity (Wildman–Crippen MR) is 79.3 cm³/mol. The lowest BCUT2D eigenvalue weighted by atomic mass is 10.1. The molecule has 0 radical (unpaired) electrons. The minimum atomic E-state index is -0.558. The van der Waals surface area contributed by atoms with Crippen LogP contribution in [-0.4, -0.2) is 28.7 Å². The Morgan fingerprint density at radius 3 is 2.86 bits per heavy atom. The van der Waals surface area contributed by atoms with Gasteiger partial charge in [0.05, 0.1) is 18.3 Å². The quantitative estimate of drug-likeness (QED) is 0.664. The summed E-state index contributed by atoms with van der Waals surface area (Å²) in [5, 5.41) is 10.3. The molecule has 0 saturated carbocycles. The van der Waals surface area contributed by atoms with Crippen LogP contribution in [0.5, 0.6) is 0 Å². The molecule has 0 spiro atoms. The molecular formula is C15H17N3O3. The highest BCUT2D eigenvalue weighted by Crippen LogP contribution is 2.19. The van der Waals surface area contributed by atoms with Gasteiger partial charge < -0.3 is 10.1 Å². The Bertz CT molecular complexity index is 716. The summed E-state index contributed by atoms with van der Waals surface area (Å²) in [5.74, 6) is -0.881. The number of hydrogen-bond donors (Lipinski definition) is 2. The monoisotopic (exact) mass is 287 g/mol. The number of aromatic amines is 1. The summed E-state index contributed by atoms with van der Waals surface area (Å²) >= 11 is 0. The third kappa shape index (κ3) is 3.47. The van der Waals surface area contributed by atoms with E-state index in [0.717, 1.165) is 22.0 Å². The second-order valence-electron chi connectivity index (χ2n) is 4.63. The number of aromatic nitrogens is 2. The van der Waals surface area contributed by atoms with Gasteiger partial charge in [0.15, 0.2) is 0 Å². The Hall–Kier alpha value is -2.63. The molecule has 1 aromatic heterocycles. The van der Waals surface area contributed by atoms with Crippen LogP contribution in [0.1, 0.15) is 25.0 Å². The first-order valence-corrected chi connectivity index (χ1v) is 6.61. The molecule has 0 bridgehead atoms. The smallest absolute Gasteiger partial charge is 0.354 e. The molecular weight excluding hydrogens is 270 g/mol. The lowest BCUT2D eigenvalue weighted by Crippen LogP contribution is -2.26. The molecule has 2 N–H and O–H groups in total. The van der Waals surface area contributed by atoms with Gasteiger partial charge >= 0.3 is 5.97 Å². The topological polar surface area (TPSA) is 84.1 Å². The van der Waals surface area contributed by atoms with Crippen LogP contribution in [0, 0.1) is 6.92 Å². The van der Waals surface area contributed by atoms with E-state index in [9.17, 15) is 9.59 Å². The van der Waals surface area contributed by atoms with Crippen molar-refractivity contribution >= 4 is 28.9 Å². The minimum Gasteiger partial charge on any atom is -0.461 e. The van der Waals surface area contributed by atoms with Crippen molar-refractivity contribution in [1.29, 1.82) is 0 Å². The highest BCUT2D eigenvalue weighted by molar-refractivity contribution is 5.98. The largest absolute Gasteiger partial charge is 0.461 e. The van der Waals surface area contributed by atoms with Gasteiger partial charge in [-0.2, -0.15) is 5.10 Å². The minimum absolute atomic E-state index is 0.117. The van der Waals surface area contributed by atoms with E-state index in [2.05, 4.69) is 15.5 Å². The number of esters is 1. The van der Waals surface area contributed by atoms with Gasteiger partial charge in [-0.25, -0.2) is 4.79 Å². The van der Waals surface area contributed by atoms with Crippen LogP contribution >= 0.6 is 0 Å². The van der Waals surface area contributed by atoms with Crippen LogP contribution in [-0.2, 0) is 14.3 Å². The van der Waals surface area contributed by atoms with Crippen molar-refractivity contribution in [2.45, 2.75) is 20.8 Å². The summed E-state index contributed by atoms with van der Waals surface area (Å²) in [6.45, 7) is 5.25. The van der Waals surface area contributed by atoms with Gasteiger partial charge in [-0.15, -0.1) is 0 Å². The number of fused-ring (bicyclic) bond motifs is 1. The number of nitrogens with zero attached hydrogens (tertiary/aromatic N) is 1.